The van der Waals surface area contributed by atoms with Crippen molar-refractivity contribution in [3.8, 4) is 0 Å². The van der Waals surface area contributed by atoms with Gasteiger partial charge in [0.15, 0.2) is 5.72 Å². The molecule has 202 valence electrons. The zero-order valence-corrected chi connectivity index (χ0v) is 22.5. The van der Waals surface area contributed by atoms with Gasteiger partial charge < -0.3 is 14.9 Å². The van der Waals surface area contributed by atoms with E-state index in [0.717, 1.165) is 43.5 Å². The Morgan fingerprint density at radius 1 is 1.00 bits per heavy atom. The molecule has 0 amide bonds. The molecule has 3 fully saturated rings. The number of carbonyl (C=O) groups excluding carboxylic acids is 1. The lowest BCUT2D eigenvalue weighted by Crippen LogP contribution is -2.58. The number of allylic oxidation sites excluding steroid dienone is 1. The van der Waals surface area contributed by atoms with Crippen LogP contribution in [0.5, 0.6) is 0 Å². The van der Waals surface area contributed by atoms with Gasteiger partial charge in [0.1, 0.15) is 6.10 Å². The van der Waals surface area contributed by atoms with Crippen molar-refractivity contribution in [3.05, 3.63) is 83.4 Å². The number of piperazine rings is 1. The van der Waals surface area contributed by atoms with Crippen molar-refractivity contribution in [2.24, 2.45) is 23.2 Å². The van der Waals surface area contributed by atoms with Gasteiger partial charge in [-0.2, -0.15) is 0 Å². The zero-order valence-electron chi connectivity index (χ0n) is 22.5. The van der Waals surface area contributed by atoms with E-state index in [1.165, 1.54) is 5.57 Å². The predicted molar refractivity (Wildman–Crippen MR) is 146 cm³/mol. The number of hydrogen-bond donors (Lipinski definition) is 2. The van der Waals surface area contributed by atoms with Crippen molar-refractivity contribution in [2.75, 3.05) is 32.7 Å². The molecule has 1 saturated carbocycles. The van der Waals surface area contributed by atoms with E-state index in [-0.39, 0.29) is 29.3 Å². The van der Waals surface area contributed by atoms with E-state index >= 15 is 0 Å². The summed E-state index contributed by atoms with van der Waals surface area (Å²) in [5, 5.41) is 23.8. The molecule has 2 N–H and O–H groups in total. The molecular weight excluding hydrogens is 476 g/mol. The summed E-state index contributed by atoms with van der Waals surface area (Å²) in [5.41, 5.74) is 1.47. The molecule has 0 radical (unpaired) electrons. The third-order valence-corrected chi connectivity index (χ3v) is 10.2. The van der Waals surface area contributed by atoms with Gasteiger partial charge in [0, 0.05) is 61.6 Å². The molecule has 2 aliphatic heterocycles. The van der Waals surface area contributed by atoms with Gasteiger partial charge >= 0.3 is 5.97 Å². The summed E-state index contributed by atoms with van der Waals surface area (Å²) >= 11 is 0. The van der Waals surface area contributed by atoms with Gasteiger partial charge in [-0.15, -0.1) is 0 Å². The maximum atomic E-state index is 13.1. The molecule has 2 aliphatic carbocycles. The summed E-state index contributed by atoms with van der Waals surface area (Å²) < 4.78 is 5.89. The fraction of sp³-hybridized carbons (Fsp3) is 0.531. The van der Waals surface area contributed by atoms with Crippen molar-refractivity contribution >= 4 is 5.97 Å². The van der Waals surface area contributed by atoms with Gasteiger partial charge in [0.2, 0.25) is 0 Å². The molecule has 6 atom stereocenters. The minimum atomic E-state index is -1.22. The van der Waals surface area contributed by atoms with Gasteiger partial charge in [0.05, 0.1) is 12.0 Å². The normalized spacial score (nSPS) is 34.3. The average Bonchev–Trinajstić information content (AvgIpc) is 3.26. The largest absolute Gasteiger partial charge is 0.461 e. The van der Waals surface area contributed by atoms with Gasteiger partial charge in [-0.3, -0.25) is 14.6 Å². The van der Waals surface area contributed by atoms with E-state index < -0.39 is 11.8 Å². The summed E-state index contributed by atoms with van der Waals surface area (Å²) in [6.07, 6.45) is 4.33. The maximum absolute atomic E-state index is 13.1. The van der Waals surface area contributed by atoms with Gasteiger partial charge in [-0.25, -0.2) is 0 Å². The quantitative estimate of drug-likeness (QED) is 0.466. The molecule has 2 saturated heterocycles. The van der Waals surface area contributed by atoms with Crippen LogP contribution in [0.1, 0.15) is 44.2 Å². The molecule has 6 rings (SSSR count). The van der Waals surface area contributed by atoms with Crippen LogP contribution in [-0.2, 0) is 15.3 Å². The average molecular weight is 517 g/mol. The lowest BCUT2D eigenvalue weighted by molar-refractivity contribution is -0.145. The summed E-state index contributed by atoms with van der Waals surface area (Å²) in [5.74, 6) is -0.279. The standard InChI is InChI=1S/C32H40N2O4/c1-22-10-9-15-25-20-27-28(29(35)31(22,25)2)26(30(36)38-27)21-33-16-18-34(19-17-33)32(37,23-11-5-3-6-12-23)24-13-7-4-8-14-24/h3-8,11-15,22,26-29,35,37H,9-10,16-21H2,1-2H3/t22-,26+,27+,28+,29-,31+/m0/s1. The van der Waals surface area contributed by atoms with Gasteiger partial charge in [-0.05, 0) is 18.8 Å². The second-order valence-corrected chi connectivity index (χ2v) is 12.0. The molecule has 0 unspecified atom stereocenters. The molecule has 2 heterocycles. The number of aliphatic hydroxyl groups excluding tert-OH is 1. The van der Waals surface area contributed by atoms with Crippen LogP contribution >= 0.6 is 0 Å². The monoisotopic (exact) mass is 516 g/mol. The Morgan fingerprint density at radius 3 is 2.21 bits per heavy atom. The van der Waals surface area contributed by atoms with Crippen molar-refractivity contribution in [1.29, 1.82) is 0 Å². The highest BCUT2D eigenvalue weighted by molar-refractivity contribution is 5.76. The number of carbonyl (C=O) groups is 1. The van der Waals surface area contributed by atoms with E-state index in [9.17, 15) is 15.0 Å². The topological polar surface area (TPSA) is 73.2 Å². The third-order valence-electron chi connectivity index (χ3n) is 10.2. The van der Waals surface area contributed by atoms with E-state index in [2.05, 4.69) is 29.7 Å². The van der Waals surface area contributed by atoms with Crippen LogP contribution in [0.3, 0.4) is 0 Å². The van der Waals surface area contributed by atoms with Gasteiger partial charge in [0.25, 0.3) is 0 Å². The molecule has 2 aromatic carbocycles. The van der Waals surface area contributed by atoms with Crippen molar-refractivity contribution in [3.63, 3.8) is 0 Å². The summed E-state index contributed by atoms with van der Waals surface area (Å²) in [6.45, 7) is 7.82. The summed E-state index contributed by atoms with van der Waals surface area (Å²) in [4.78, 5) is 17.6. The Bertz CT molecular complexity index is 1140. The molecular formula is C32H40N2O4. The third kappa shape index (κ3) is 4.04. The minimum absolute atomic E-state index is 0.165. The smallest absolute Gasteiger partial charge is 0.311 e. The van der Waals surface area contributed by atoms with E-state index in [1.54, 1.807) is 0 Å². The number of hydrogen-bond acceptors (Lipinski definition) is 6. The van der Waals surface area contributed by atoms with E-state index in [4.69, 9.17) is 4.74 Å². The van der Waals surface area contributed by atoms with E-state index in [1.807, 2.05) is 60.7 Å². The maximum Gasteiger partial charge on any atom is 0.311 e. The van der Waals surface area contributed by atoms with Crippen molar-refractivity contribution in [2.45, 2.75) is 51.0 Å². The van der Waals surface area contributed by atoms with Gasteiger partial charge in [-0.1, -0.05) is 86.2 Å². The minimum Gasteiger partial charge on any atom is -0.461 e. The number of benzene rings is 2. The number of aliphatic hydroxyl groups is 2. The Kier molecular flexibility index (Phi) is 6.71. The summed E-state index contributed by atoms with van der Waals surface area (Å²) in [6, 6.07) is 19.7. The fourth-order valence-electron chi connectivity index (χ4n) is 7.68. The lowest BCUT2D eigenvalue weighted by Gasteiger charge is -2.52. The first-order chi connectivity index (χ1) is 18.3. The molecule has 0 aromatic heterocycles. The SMILES string of the molecule is C[C@H]1CCC=C2C[C@H]3OC(=O)[C@H](CN4CCN(C(O)(c5ccccc5)c5ccccc5)CC4)[C@H]3[C@H](O)[C@@]21C. The number of fused-ring (bicyclic) bond motifs is 2. The summed E-state index contributed by atoms with van der Waals surface area (Å²) in [7, 11) is 0. The Balaban J connectivity index is 1.18. The molecule has 0 spiro atoms. The van der Waals surface area contributed by atoms with Crippen molar-refractivity contribution in [1.82, 2.24) is 9.80 Å². The Morgan fingerprint density at radius 2 is 1.61 bits per heavy atom. The predicted octanol–water partition coefficient (Wildman–Crippen LogP) is 3.78. The molecule has 2 aromatic rings. The van der Waals surface area contributed by atoms with Crippen LogP contribution < -0.4 is 0 Å². The van der Waals surface area contributed by atoms with Crippen LogP contribution in [0.15, 0.2) is 72.3 Å². The highest BCUT2D eigenvalue weighted by Crippen LogP contribution is 2.56. The molecule has 38 heavy (non-hydrogen) atoms. The molecule has 6 heteroatoms. The number of nitrogens with zero attached hydrogens (tertiary/aromatic N) is 2. The fourth-order valence-corrected chi connectivity index (χ4v) is 7.68. The van der Waals surface area contributed by atoms with Crippen LogP contribution in [0, 0.1) is 23.2 Å². The first-order valence-corrected chi connectivity index (χ1v) is 14.2. The van der Waals surface area contributed by atoms with Crippen LogP contribution in [0.2, 0.25) is 0 Å². The van der Waals surface area contributed by atoms with Crippen molar-refractivity contribution < 1.29 is 19.7 Å². The first-order valence-electron chi connectivity index (χ1n) is 14.2. The van der Waals surface area contributed by atoms with E-state index in [0.29, 0.717) is 25.6 Å². The van der Waals surface area contributed by atoms with Crippen LogP contribution in [0.4, 0.5) is 0 Å². The highest BCUT2D eigenvalue weighted by Gasteiger charge is 2.60. The van der Waals surface area contributed by atoms with Crippen LogP contribution in [-0.4, -0.2) is 70.9 Å². The Labute approximate surface area is 225 Å². The molecule has 4 aliphatic rings. The molecule has 6 nitrogen and oxygen atoms in total. The second kappa shape index (κ2) is 9.91. The highest BCUT2D eigenvalue weighted by atomic mass is 16.6. The number of ether oxygens (including phenoxy) is 1. The molecule has 0 bridgehead atoms. The lowest BCUT2D eigenvalue weighted by atomic mass is 9.55. The zero-order chi connectivity index (χ0) is 26.5. The second-order valence-electron chi connectivity index (χ2n) is 12.0. The first kappa shape index (κ1) is 25.8. The number of esters is 1. The van der Waals surface area contributed by atoms with Crippen LogP contribution in [0.25, 0.3) is 0 Å². The Hall–Kier alpha value is -2.51. The number of rotatable bonds is 5.